The van der Waals surface area contributed by atoms with E-state index in [0.29, 0.717) is 12.0 Å². The maximum absolute atomic E-state index is 11.5. The molecule has 15 heavy (non-hydrogen) atoms. The molecule has 2 rings (SSSR count). The molecule has 78 valence electrons. The van der Waals surface area contributed by atoms with E-state index in [1.165, 1.54) is 7.11 Å². The van der Waals surface area contributed by atoms with Gasteiger partial charge in [-0.2, -0.15) is 0 Å². The number of aliphatic imine (C=N–C) groups is 1. The Kier molecular flexibility index (Phi) is 2.41. The van der Waals surface area contributed by atoms with E-state index in [0.717, 1.165) is 5.70 Å². The third-order valence-electron chi connectivity index (χ3n) is 2.57. The second-order valence-corrected chi connectivity index (χ2v) is 3.35. The second kappa shape index (κ2) is 3.73. The van der Waals surface area contributed by atoms with E-state index >= 15 is 0 Å². The highest BCUT2D eigenvalue weighted by molar-refractivity contribution is 5.98. The molecule has 2 heterocycles. The van der Waals surface area contributed by atoms with Gasteiger partial charge in [0, 0.05) is 18.8 Å². The lowest BCUT2D eigenvalue weighted by atomic mass is 10.1. The maximum Gasteiger partial charge on any atom is 0.335 e. The summed E-state index contributed by atoms with van der Waals surface area (Å²) in [5, 5.41) is 0. The highest BCUT2D eigenvalue weighted by Crippen LogP contribution is 2.30. The topological polar surface area (TPSA) is 41.9 Å². The van der Waals surface area contributed by atoms with Crippen LogP contribution in [-0.4, -0.2) is 30.2 Å². The van der Waals surface area contributed by atoms with Gasteiger partial charge in [-0.15, -0.1) is 6.58 Å². The fourth-order valence-electron chi connectivity index (χ4n) is 1.81. The van der Waals surface area contributed by atoms with E-state index in [-0.39, 0.29) is 12.0 Å². The minimum atomic E-state index is -0.291. The Morgan fingerprint density at radius 3 is 3.27 bits per heavy atom. The smallest absolute Gasteiger partial charge is 0.335 e. The molecule has 2 aliphatic heterocycles. The molecule has 1 atom stereocenters. The van der Waals surface area contributed by atoms with Crippen LogP contribution in [-0.2, 0) is 9.53 Å². The molecule has 0 N–H and O–H groups in total. The van der Waals surface area contributed by atoms with E-state index in [2.05, 4.69) is 11.6 Å². The molecule has 0 spiro atoms. The van der Waals surface area contributed by atoms with Gasteiger partial charge in [-0.05, 0) is 0 Å². The molecule has 0 fully saturated rings. The number of methoxy groups -OCH3 is 1. The Bertz CT molecular complexity index is 393. The van der Waals surface area contributed by atoms with Crippen LogP contribution >= 0.6 is 0 Å². The number of rotatable bonds is 2. The normalized spacial score (nSPS) is 23.0. The van der Waals surface area contributed by atoms with Gasteiger partial charge in [0.2, 0.25) is 0 Å². The molecule has 4 nitrogen and oxygen atoms in total. The van der Waals surface area contributed by atoms with Crippen molar-refractivity contribution < 1.29 is 9.53 Å². The number of fused-ring (bicyclic) bond motifs is 1. The van der Waals surface area contributed by atoms with Gasteiger partial charge < -0.3 is 9.64 Å². The number of carbonyl (C=O) groups is 1. The van der Waals surface area contributed by atoms with E-state index in [9.17, 15) is 4.79 Å². The van der Waals surface area contributed by atoms with Gasteiger partial charge in [0.25, 0.3) is 0 Å². The summed E-state index contributed by atoms with van der Waals surface area (Å²) in [4.78, 5) is 17.5. The van der Waals surface area contributed by atoms with Crippen LogP contribution in [0.15, 0.2) is 41.3 Å². The zero-order valence-electron chi connectivity index (χ0n) is 8.51. The van der Waals surface area contributed by atoms with Gasteiger partial charge in [-0.1, -0.05) is 6.08 Å². The Labute approximate surface area is 88.2 Å². The van der Waals surface area contributed by atoms with E-state index in [1.54, 1.807) is 12.4 Å². The fraction of sp³-hybridized carbons (Fsp3) is 0.273. The lowest BCUT2D eigenvalue weighted by molar-refractivity contribution is -0.136. The summed E-state index contributed by atoms with van der Waals surface area (Å²) >= 11 is 0. The van der Waals surface area contributed by atoms with Crippen LogP contribution in [0.3, 0.4) is 0 Å². The third kappa shape index (κ3) is 1.48. The molecular formula is C11H12N2O2. The molecule has 0 amide bonds. The predicted octanol–water partition coefficient (Wildman–Crippen LogP) is 1.23. The van der Waals surface area contributed by atoms with Crippen molar-refractivity contribution in [1.82, 2.24) is 4.90 Å². The monoisotopic (exact) mass is 204 g/mol. The van der Waals surface area contributed by atoms with Crippen molar-refractivity contribution in [3.8, 4) is 0 Å². The summed E-state index contributed by atoms with van der Waals surface area (Å²) in [6.45, 7) is 3.75. The van der Waals surface area contributed by atoms with Crippen LogP contribution < -0.4 is 0 Å². The van der Waals surface area contributed by atoms with E-state index in [1.807, 2.05) is 17.2 Å². The van der Waals surface area contributed by atoms with Crippen LogP contribution in [0.1, 0.15) is 6.42 Å². The molecule has 0 radical (unpaired) electrons. The van der Waals surface area contributed by atoms with Gasteiger partial charge >= 0.3 is 5.97 Å². The Morgan fingerprint density at radius 1 is 1.80 bits per heavy atom. The van der Waals surface area contributed by atoms with Crippen molar-refractivity contribution in [1.29, 1.82) is 0 Å². The number of hydrogen-bond donors (Lipinski definition) is 0. The number of allylic oxidation sites excluding steroid dienone is 1. The minimum absolute atomic E-state index is 0.122. The molecule has 0 aromatic carbocycles. The molecule has 0 saturated carbocycles. The maximum atomic E-state index is 11.5. The van der Waals surface area contributed by atoms with Crippen molar-refractivity contribution >= 4 is 12.2 Å². The van der Waals surface area contributed by atoms with Gasteiger partial charge in [0.15, 0.2) is 0 Å². The molecule has 4 heteroatoms. The summed E-state index contributed by atoms with van der Waals surface area (Å²) < 4.78 is 4.73. The zero-order chi connectivity index (χ0) is 10.8. The van der Waals surface area contributed by atoms with E-state index < -0.39 is 0 Å². The second-order valence-electron chi connectivity index (χ2n) is 3.35. The lowest BCUT2D eigenvalue weighted by Gasteiger charge is -2.22. The highest BCUT2D eigenvalue weighted by atomic mass is 16.5. The van der Waals surface area contributed by atoms with Crippen molar-refractivity contribution in [3.63, 3.8) is 0 Å². The first kappa shape index (κ1) is 9.71. The van der Waals surface area contributed by atoms with Crippen molar-refractivity contribution in [2.24, 2.45) is 4.99 Å². The number of nitrogens with zero attached hydrogens (tertiary/aromatic N) is 2. The molecule has 0 unspecified atom stereocenters. The lowest BCUT2D eigenvalue weighted by Crippen LogP contribution is -2.24. The SMILES string of the molecule is C=C[C@H]1CC(C(=O)OC)=C2C=NC=CN21. The quantitative estimate of drug-likeness (QED) is 0.502. The molecule has 0 aromatic rings. The summed E-state index contributed by atoms with van der Waals surface area (Å²) in [6, 6.07) is 0.122. The van der Waals surface area contributed by atoms with E-state index in [4.69, 9.17) is 4.74 Å². The Morgan fingerprint density at radius 2 is 2.60 bits per heavy atom. The first-order chi connectivity index (χ1) is 7.27. The number of ether oxygens (including phenoxy) is 1. The Hall–Kier alpha value is -1.84. The first-order valence-corrected chi connectivity index (χ1v) is 4.70. The summed E-state index contributed by atoms with van der Waals surface area (Å²) in [5.74, 6) is -0.291. The Balaban J connectivity index is 2.38. The standard InChI is InChI=1S/C11H12N2O2/c1-3-8-6-9(11(14)15-2)10-7-12-4-5-13(8)10/h3-5,7-8H,1,6H2,2H3/t8-/m0/s1. The van der Waals surface area contributed by atoms with Crippen LogP contribution in [0.5, 0.6) is 0 Å². The van der Waals surface area contributed by atoms with Crippen LogP contribution in [0.25, 0.3) is 0 Å². The average molecular weight is 204 g/mol. The third-order valence-corrected chi connectivity index (χ3v) is 2.57. The van der Waals surface area contributed by atoms with Crippen molar-refractivity contribution in [2.45, 2.75) is 12.5 Å². The van der Waals surface area contributed by atoms with Crippen LogP contribution in [0.2, 0.25) is 0 Å². The number of esters is 1. The number of hydrogen-bond acceptors (Lipinski definition) is 4. The predicted molar refractivity (Wildman–Crippen MR) is 57.1 cm³/mol. The van der Waals surface area contributed by atoms with Crippen LogP contribution in [0.4, 0.5) is 0 Å². The minimum Gasteiger partial charge on any atom is -0.466 e. The highest BCUT2D eigenvalue weighted by Gasteiger charge is 2.32. The number of carbonyl (C=O) groups excluding carboxylic acids is 1. The molecule has 0 bridgehead atoms. The van der Waals surface area contributed by atoms with Gasteiger partial charge in [0.05, 0.1) is 30.6 Å². The first-order valence-electron chi connectivity index (χ1n) is 4.70. The summed E-state index contributed by atoms with van der Waals surface area (Å²) in [7, 11) is 1.39. The van der Waals surface area contributed by atoms with Gasteiger partial charge in [-0.25, -0.2) is 4.79 Å². The zero-order valence-corrected chi connectivity index (χ0v) is 8.51. The molecule has 2 aliphatic rings. The van der Waals surface area contributed by atoms with Crippen molar-refractivity contribution in [2.75, 3.05) is 7.11 Å². The summed E-state index contributed by atoms with van der Waals surface area (Å²) in [6.07, 6.45) is 7.66. The summed E-state index contributed by atoms with van der Waals surface area (Å²) in [5.41, 5.74) is 1.48. The molecule has 0 aliphatic carbocycles. The van der Waals surface area contributed by atoms with Crippen LogP contribution in [0, 0.1) is 0 Å². The van der Waals surface area contributed by atoms with Gasteiger partial charge in [0.1, 0.15) is 0 Å². The molecular weight excluding hydrogens is 192 g/mol. The molecule has 0 saturated heterocycles. The largest absolute Gasteiger partial charge is 0.466 e. The fourth-order valence-corrected chi connectivity index (χ4v) is 1.81. The average Bonchev–Trinajstić information content (AvgIpc) is 2.67. The van der Waals surface area contributed by atoms with Gasteiger partial charge in [-0.3, -0.25) is 4.99 Å². The molecule has 0 aromatic heterocycles. The van der Waals surface area contributed by atoms with Crippen molar-refractivity contribution in [3.05, 3.63) is 36.3 Å².